The SMILES string of the molecule is C[C@@H](C(=O)CNC(=O)[C@@H](N)CCCCN)c1ccc(Cl)cc1C(=O)c1ccccc1. The quantitative estimate of drug-likeness (QED) is 0.375. The van der Waals surface area contributed by atoms with Crippen molar-refractivity contribution in [2.24, 2.45) is 11.5 Å². The van der Waals surface area contributed by atoms with E-state index in [1.807, 2.05) is 6.07 Å². The van der Waals surface area contributed by atoms with Gasteiger partial charge in [0.2, 0.25) is 5.91 Å². The zero-order chi connectivity index (χ0) is 22.1. The summed E-state index contributed by atoms with van der Waals surface area (Å²) in [6, 6.07) is 13.0. The molecule has 0 aliphatic rings. The van der Waals surface area contributed by atoms with E-state index in [-0.39, 0.29) is 24.0 Å². The van der Waals surface area contributed by atoms with Crippen molar-refractivity contribution in [2.75, 3.05) is 13.1 Å². The minimum Gasteiger partial charge on any atom is -0.348 e. The Labute approximate surface area is 182 Å². The Hall–Kier alpha value is -2.54. The molecule has 0 radical (unpaired) electrons. The van der Waals surface area contributed by atoms with Crippen LogP contribution >= 0.6 is 11.6 Å². The van der Waals surface area contributed by atoms with E-state index in [4.69, 9.17) is 23.1 Å². The molecule has 30 heavy (non-hydrogen) atoms. The zero-order valence-electron chi connectivity index (χ0n) is 17.1. The molecule has 7 heteroatoms. The van der Waals surface area contributed by atoms with Crippen molar-refractivity contribution < 1.29 is 14.4 Å². The number of unbranched alkanes of at least 4 members (excludes halogenated alkanes) is 1. The van der Waals surface area contributed by atoms with Gasteiger partial charge in [0.15, 0.2) is 11.6 Å². The molecule has 0 fully saturated rings. The van der Waals surface area contributed by atoms with E-state index in [0.29, 0.717) is 34.7 Å². The van der Waals surface area contributed by atoms with Crippen LogP contribution < -0.4 is 16.8 Å². The molecular weight excluding hydrogens is 402 g/mol. The Balaban J connectivity index is 2.09. The van der Waals surface area contributed by atoms with Crippen LogP contribution in [-0.2, 0) is 9.59 Å². The molecule has 2 rings (SSSR count). The van der Waals surface area contributed by atoms with Gasteiger partial charge in [0.05, 0.1) is 12.6 Å². The highest BCUT2D eigenvalue weighted by Gasteiger charge is 2.23. The van der Waals surface area contributed by atoms with Gasteiger partial charge in [0.25, 0.3) is 0 Å². The predicted octanol–water partition coefficient (Wildman–Crippen LogP) is 2.82. The second-order valence-corrected chi connectivity index (χ2v) is 7.66. The van der Waals surface area contributed by atoms with Crippen LogP contribution in [0.15, 0.2) is 48.5 Å². The first-order valence-electron chi connectivity index (χ1n) is 10.0. The van der Waals surface area contributed by atoms with Gasteiger partial charge in [-0.2, -0.15) is 0 Å². The molecule has 5 N–H and O–H groups in total. The zero-order valence-corrected chi connectivity index (χ0v) is 17.8. The van der Waals surface area contributed by atoms with E-state index < -0.39 is 12.0 Å². The summed E-state index contributed by atoms with van der Waals surface area (Å²) in [6.45, 7) is 2.10. The van der Waals surface area contributed by atoms with Crippen molar-refractivity contribution in [2.45, 2.75) is 38.1 Å². The molecular formula is C23H28ClN3O3. The van der Waals surface area contributed by atoms with Gasteiger partial charge in [-0.05, 0) is 37.1 Å². The molecule has 0 saturated heterocycles. The number of carbonyl (C=O) groups excluding carboxylic acids is 3. The van der Waals surface area contributed by atoms with Gasteiger partial charge in [-0.3, -0.25) is 14.4 Å². The van der Waals surface area contributed by atoms with Crippen LogP contribution in [0.4, 0.5) is 0 Å². The molecule has 0 heterocycles. The van der Waals surface area contributed by atoms with Gasteiger partial charge in [0, 0.05) is 22.1 Å². The first-order chi connectivity index (χ1) is 14.3. The van der Waals surface area contributed by atoms with Crippen LogP contribution in [0.1, 0.15) is 53.6 Å². The van der Waals surface area contributed by atoms with Crippen LogP contribution in [0.2, 0.25) is 5.02 Å². The highest BCUT2D eigenvalue weighted by Crippen LogP contribution is 2.26. The minimum absolute atomic E-state index is 0.161. The van der Waals surface area contributed by atoms with Gasteiger partial charge in [-0.25, -0.2) is 0 Å². The number of ketones is 2. The number of Topliss-reactive ketones (excluding diaryl/α,β-unsaturated/α-hetero) is 1. The second kappa shape index (κ2) is 11.6. The van der Waals surface area contributed by atoms with Crippen LogP contribution in [-0.4, -0.2) is 36.6 Å². The van der Waals surface area contributed by atoms with Gasteiger partial charge in [-0.1, -0.05) is 61.3 Å². The summed E-state index contributed by atoms with van der Waals surface area (Å²) in [5, 5.41) is 3.01. The molecule has 0 aromatic heterocycles. The maximum absolute atomic E-state index is 13.0. The monoisotopic (exact) mass is 429 g/mol. The summed E-state index contributed by atoms with van der Waals surface area (Å²) in [5.41, 5.74) is 12.7. The number of benzene rings is 2. The van der Waals surface area contributed by atoms with Crippen LogP contribution in [0.25, 0.3) is 0 Å². The van der Waals surface area contributed by atoms with E-state index >= 15 is 0 Å². The Morgan fingerprint density at radius 2 is 1.77 bits per heavy atom. The lowest BCUT2D eigenvalue weighted by Crippen LogP contribution is -2.43. The van der Waals surface area contributed by atoms with E-state index in [1.165, 1.54) is 0 Å². The number of amides is 1. The maximum atomic E-state index is 13.0. The molecule has 0 aliphatic carbocycles. The molecule has 0 spiro atoms. The summed E-state index contributed by atoms with van der Waals surface area (Å²) in [4.78, 5) is 37.8. The number of rotatable bonds is 11. The van der Waals surface area contributed by atoms with E-state index in [0.717, 1.165) is 12.8 Å². The lowest BCUT2D eigenvalue weighted by Gasteiger charge is -2.17. The van der Waals surface area contributed by atoms with Gasteiger partial charge in [0.1, 0.15) is 0 Å². The number of carbonyl (C=O) groups is 3. The average Bonchev–Trinajstić information content (AvgIpc) is 2.76. The molecule has 0 aliphatic heterocycles. The van der Waals surface area contributed by atoms with E-state index in [9.17, 15) is 14.4 Å². The summed E-state index contributed by atoms with van der Waals surface area (Å²) < 4.78 is 0. The average molecular weight is 430 g/mol. The number of halogens is 1. The summed E-state index contributed by atoms with van der Waals surface area (Å²) >= 11 is 6.11. The largest absolute Gasteiger partial charge is 0.348 e. The third kappa shape index (κ3) is 6.49. The molecule has 2 aromatic carbocycles. The molecule has 0 unspecified atom stereocenters. The van der Waals surface area contributed by atoms with Crippen LogP contribution in [0.3, 0.4) is 0 Å². The minimum atomic E-state index is -0.676. The second-order valence-electron chi connectivity index (χ2n) is 7.22. The van der Waals surface area contributed by atoms with E-state index in [2.05, 4.69) is 5.32 Å². The van der Waals surface area contributed by atoms with Gasteiger partial charge < -0.3 is 16.8 Å². The van der Waals surface area contributed by atoms with Crippen molar-refractivity contribution in [1.29, 1.82) is 0 Å². The molecule has 2 atom stereocenters. The molecule has 0 bridgehead atoms. The highest BCUT2D eigenvalue weighted by molar-refractivity contribution is 6.31. The molecule has 2 aromatic rings. The topological polar surface area (TPSA) is 115 Å². The van der Waals surface area contributed by atoms with Crippen LogP contribution in [0.5, 0.6) is 0 Å². The number of hydrogen-bond acceptors (Lipinski definition) is 5. The molecule has 0 saturated carbocycles. The first-order valence-corrected chi connectivity index (χ1v) is 10.4. The van der Waals surface area contributed by atoms with Crippen molar-refractivity contribution in [3.8, 4) is 0 Å². The fourth-order valence-corrected chi connectivity index (χ4v) is 3.29. The molecule has 160 valence electrons. The smallest absolute Gasteiger partial charge is 0.237 e. The van der Waals surface area contributed by atoms with Crippen LogP contribution in [0, 0.1) is 0 Å². The van der Waals surface area contributed by atoms with Gasteiger partial charge in [-0.15, -0.1) is 0 Å². The predicted molar refractivity (Wildman–Crippen MR) is 119 cm³/mol. The molecule has 1 amide bonds. The Morgan fingerprint density at radius 3 is 2.43 bits per heavy atom. The number of nitrogens with one attached hydrogen (secondary N) is 1. The maximum Gasteiger partial charge on any atom is 0.237 e. The van der Waals surface area contributed by atoms with Crippen molar-refractivity contribution >= 4 is 29.1 Å². The summed E-state index contributed by atoms with van der Waals surface area (Å²) in [5.74, 6) is -1.40. The Kier molecular flexibility index (Phi) is 9.17. The highest BCUT2D eigenvalue weighted by atomic mass is 35.5. The standard InChI is InChI=1S/C23H28ClN3O3/c1-15(21(28)14-27-23(30)20(26)9-5-6-12-25)18-11-10-17(24)13-19(18)22(29)16-7-3-2-4-8-16/h2-4,7-8,10-11,13,15,20H,5-6,9,12,14,25-26H2,1H3,(H,27,30)/t15-,20+/m1/s1. The normalized spacial score (nSPS) is 12.8. The van der Waals surface area contributed by atoms with Crippen molar-refractivity contribution in [3.05, 3.63) is 70.2 Å². The van der Waals surface area contributed by atoms with Crippen molar-refractivity contribution in [1.82, 2.24) is 5.32 Å². The summed E-state index contributed by atoms with van der Waals surface area (Å²) in [7, 11) is 0. The lowest BCUT2D eigenvalue weighted by atomic mass is 9.88. The summed E-state index contributed by atoms with van der Waals surface area (Å²) in [6.07, 6.45) is 2.07. The number of nitrogens with two attached hydrogens (primary N) is 2. The number of hydrogen-bond donors (Lipinski definition) is 3. The first kappa shape index (κ1) is 23.7. The third-order valence-electron chi connectivity index (χ3n) is 4.99. The lowest BCUT2D eigenvalue weighted by molar-refractivity contribution is -0.126. The molecule has 6 nitrogen and oxygen atoms in total. The Bertz CT molecular complexity index is 887. The van der Waals surface area contributed by atoms with Crippen molar-refractivity contribution in [3.63, 3.8) is 0 Å². The fraction of sp³-hybridized carbons (Fsp3) is 0.348. The fourth-order valence-electron chi connectivity index (χ4n) is 3.12. The van der Waals surface area contributed by atoms with Gasteiger partial charge >= 0.3 is 0 Å². The Morgan fingerprint density at radius 1 is 1.07 bits per heavy atom. The van der Waals surface area contributed by atoms with E-state index in [1.54, 1.807) is 49.4 Å². The third-order valence-corrected chi connectivity index (χ3v) is 5.22.